The zero-order valence-corrected chi connectivity index (χ0v) is 13.8. The van der Waals surface area contributed by atoms with Crippen LogP contribution < -0.4 is 5.32 Å². The van der Waals surface area contributed by atoms with E-state index in [-0.39, 0.29) is 11.6 Å². The number of nitrogens with zero attached hydrogens (tertiary/aromatic N) is 3. The number of hydrogen-bond donors (Lipinski definition) is 2. The summed E-state index contributed by atoms with van der Waals surface area (Å²) in [4.78, 5) is 20.4. The van der Waals surface area contributed by atoms with Gasteiger partial charge >= 0.3 is 0 Å². The lowest BCUT2D eigenvalue weighted by molar-refractivity contribution is -0.115. The van der Waals surface area contributed by atoms with Crippen molar-refractivity contribution in [2.45, 2.75) is 17.3 Å². The molecule has 0 bridgehead atoms. The van der Waals surface area contributed by atoms with Gasteiger partial charge in [0.2, 0.25) is 11.1 Å². The molecule has 3 rings (SSSR count). The Morgan fingerprint density at radius 2 is 1.96 bits per heavy atom. The average molecular weight is 361 g/mol. The van der Waals surface area contributed by atoms with Crippen molar-refractivity contribution in [2.75, 3.05) is 5.32 Å². The van der Waals surface area contributed by atoms with Gasteiger partial charge in [0.15, 0.2) is 17.5 Å². The minimum atomic E-state index is -1.02. The maximum Gasteiger partial charge on any atom is 0.237 e. The Hall–Kier alpha value is -2.81. The summed E-state index contributed by atoms with van der Waals surface area (Å²) in [7, 11) is 0. The van der Waals surface area contributed by atoms with Crippen LogP contribution in [0, 0.1) is 11.6 Å². The number of H-pyrrole nitrogens is 1. The lowest BCUT2D eigenvalue weighted by Gasteiger charge is -2.10. The normalized spacial score (nSPS) is 12.0. The second-order valence-corrected chi connectivity index (χ2v) is 6.39. The number of thioether (sulfide) groups is 1. The van der Waals surface area contributed by atoms with Crippen LogP contribution in [-0.4, -0.2) is 31.3 Å². The molecule has 1 atom stereocenters. The summed E-state index contributed by atoms with van der Waals surface area (Å²) in [6, 6.07) is 6.75. The first-order valence-electron chi connectivity index (χ1n) is 7.28. The van der Waals surface area contributed by atoms with Gasteiger partial charge in [0, 0.05) is 29.7 Å². The molecule has 128 valence electrons. The van der Waals surface area contributed by atoms with Crippen molar-refractivity contribution in [2.24, 2.45) is 0 Å². The molecule has 0 unspecified atom stereocenters. The third-order valence-electron chi connectivity index (χ3n) is 3.26. The fourth-order valence-corrected chi connectivity index (χ4v) is 2.69. The van der Waals surface area contributed by atoms with Gasteiger partial charge in [-0.05, 0) is 31.2 Å². The molecule has 3 aromatic rings. The lowest BCUT2D eigenvalue weighted by Crippen LogP contribution is -2.22. The summed E-state index contributed by atoms with van der Waals surface area (Å²) >= 11 is 1.14. The van der Waals surface area contributed by atoms with Gasteiger partial charge in [0.1, 0.15) is 0 Å². The van der Waals surface area contributed by atoms with Crippen molar-refractivity contribution >= 4 is 23.4 Å². The number of benzene rings is 1. The molecule has 1 aromatic carbocycles. The number of anilines is 1. The number of pyridine rings is 1. The lowest BCUT2D eigenvalue weighted by atomic mass is 10.3. The van der Waals surface area contributed by atoms with Gasteiger partial charge in [-0.1, -0.05) is 11.8 Å². The van der Waals surface area contributed by atoms with Crippen LogP contribution in [0.1, 0.15) is 6.92 Å². The summed E-state index contributed by atoms with van der Waals surface area (Å²) in [5.74, 6) is -1.79. The van der Waals surface area contributed by atoms with E-state index in [4.69, 9.17) is 0 Å². The Bertz CT molecular complexity index is 887. The Balaban J connectivity index is 1.63. The van der Waals surface area contributed by atoms with Gasteiger partial charge in [-0.25, -0.2) is 13.8 Å². The molecule has 0 fully saturated rings. The Labute approximate surface area is 146 Å². The van der Waals surface area contributed by atoms with Gasteiger partial charge in [0.25, 0.3) is 0 Å². The number of carbonyl (C=O) groups is 1. The zero-order valence-electron chi connectivity index (χ0n) is 13.0. The van der Waals surface area contributed by atoms with E-state index in [2.05, 4.69) is 25.5 Å². The van der Waals surface area contributed by atoms with E-state index < -0.39 is 16.9 Å². The molecule has 2 N–H and O–H groups in total. The molecule has 0 saturated carbocycles. The number of nitrogens with one attached hydrogen (secondary N) is 2. The van der Waals surface area contributed by atoms with E-state index in [0.29, 0.717) is 11.0 Å². The molecule has 25 heavy (non-hydrogen) atoms. The minimum Gasteiger partial charge on any atom is -0.325 e. The van der Waals surface area contributed by atoms with E-state index in [1.165, 1.54) is 6.07 Å². The van der Waals surface area contributed by atoms with Gasteiger partial charge in [-0.3, -0.25) is 14.9 Å². The first-order chi connectivity index (χ1) is 12.0. The molecule has 0 radical (unpaired) electrons. The monoisotopic (exact) mass is 361 g/mol. The molecule has 2 aromatic heterocycles. The largest absolute Gasteiger partial charge is 0.325 e. The summed E-state index contributed by atoms with van der Waals surface area (Å²) in [6.45, 7) is 1.67. The van der Waals surface area contributed by atoms with Crippen molar-refractivity contribution in [3.8, 4) is 11.4 Å². The number of aromatic amines is 1. The SMILES string of the molecule is C[C@@H](Sc1n[nH]c(-c2ccncc2)n1)C(=O)Nc1ccc(F)c(F)c1. The molecule has 1 amide bonds. The molecule has 6 nitrogen and oxygen atoms in total. The third-order valence-corrected chi connectivity index (χ3v) is 4.22. The third kappa shape index (κ3) is 4.18. The van der Waals surface area contributed by atoms with Gasteiger partial charge in [0.05, 0.1) is 5.25 Å². The van der Waals surface area contributed by atoms with E-state index in [1.54, 1.807) is 31.5 Å². The highest BCUT2D eigenvalue weighted by atomic mass is 32.2. The van der Waals surface area contributed by atoms with Crippen molar-refractivity contribution in [3.63, 3.8) is 0 Å². The number of aromatic nitrogens is 4. The van der Waals surface area contributed by atoms with Gasteiger partial charge in [-0.2, -0.15) is 0 Å². The van der Waals surface area contributed by atoms with E-state index >= 15 is 0 Å². The molecule has 0 saturated heterocycles. The van der Waals surface area contributed by atoms with E-state index in [1.807, 2.05) is 0 Å². The summed E-state index contributed by atoms with van der Waals surface area (Å²) in [5, 5.41) is 9.26. The second kappa shape index (κ2) is 7.39. The first-order valence-corrected chi connectivity index (χ1v) is 8.16. The van der Waals surface area contributed by atoms with Crippen LogP contribution in [0.3, 0.4) is 0 Å². The molecule has 0 aliphatic carbocycles. The van der Waals surface area contributed by atoms with E-state index in [0.717, 1.165) is 29.5 Å². The van der Waals surface area contributed by atoms with Crippen LogP contribution in [-0.2, 0) is 4.79 Å². The molecule has 0 aliphatic rings. The predicted molar refractivity (Wildman–Crippen MR) is 89.9 cm³/mol. The number of hydrogen-bond acceptors (Lipinski definition) is 5. The van der Waals surface area contributed by atoms with Crippen LogP contribution in [0.4, 0.5) is 14.5 Å². The van der Waals surface area contributed by atoms with Gasteiger partial charge < -0.3 is 5.32 Å². The number of amides is 1. The number of halogens is 2. The Morgan fingerprint density at radius 1 is 1.20 bits per heavy atom. The Morgan fingerprint density at radius 3 is 2.68 bits per heavy atom. The highest BCUT2D eigenvalue weighted by Gasteiger charge is 2.18. The van der Waals surface area contributed by atoms with Gasteiger partial charge in [-0.15, -0.1) is 5.10 Å². The van der Waals surface area contributed by atoms with Crippen molar-refractivity contribution in [1.29, 1.82) is 0 Å². The second-order valence-electron chi connectivity index (χ2n) is 5.08. The van der Waals surface area contributed by atoms with Crippen LogP contribution in [0.5, 0.6) is 0 Å². The van der Waals surface area contributed by atoms with Crippen LogP contribution in [0.25, 0.3) is 11.4 Å². The minimum absolute atomic E-state index is 0.184. The van der Waals surface area contributed by atoms with Crippen LogP contribution in [0.15, 0.2) is 47.9 Å². The standard InChI is InChI=1S/C16H13F2N5OS/c1-9(15(24)20-11-2-3-12(17)13(18)8-11)25-16-21-14(22-23-16)10-4-6-19-7-5-10/h2-9H,1H3,(H,20,24)(H,21,22,23)/t9-/m1/s1. The smallest absolute Gasteiger partial charge is 0.237 e. The average Bonchev–Trinajstić information content (AvgIpc) is 3.07. The molecule has 0 aliphatic heterocycles. The van der Waals surface area contributed by atoms with Crippen molar-refractivity contribution in [3.05, 3.63) is 54.4 Å². The highest BCUT2D eigenvalue weighted by molar-refractivity contribution is 8.00. The molecular formula is C16H13F2N5OS. The van der Waals surface area contributed by atoms with Crippen molar-refractivity contribution in [1.82, 2.24) is 20.2 Å². The summed E-state index contributed by atoms with van der Waals surface area (Å²) in [5.41, 5.74) is 1.01. The van der Waals surface area contributed by atoms with Crippen LogP contribution in [0.2, 0.25) is 0 Å². The first kappa shape index (κ1) is 17.0. The Kier molecular flexibility index (Phi) is 5.03. The number of carbonyl (C=O) groups excluding carboxylic acids is 1. The highest BCUT2D eigenvalue weighted by Crippen LogP contribution is 2.23. The topological polar surface area (TPSA) is 83.6 Å². The summed E-state index contributed by atoms with van der Waals surface area (Å²) < 4.78 is 26.1. The summed E-state index contributed by atoms with van der Waals surface area (Å²) in [6.07, 6.45) is 3.28. The predicted octanol–water partition coefficient (Wildman–Crippen LogP) is 3.26. The zero-order chi connectivity index (χ0) is 17.8. The maximum atomic E-state index is 13.2. The fraction of sp³-hybridized carbons (Fsp3) is 0.125. The number of rotatable bonds is 5. The van der Waals surface area contributed by atoms with E-state index in [9.17, 15) is 13.6 Å². The molecule has 2 heterocycles. The molecule has 0 spiro atoms. The van der Waals surface area contributed by atoms with Crippen LogP contribution >= 0.6 is 11.8 Å². The quantitative estimate of drug-likeness (QED) is 0.682. The fourth-order valence-electron chi connectivity index (χ4n) is 1.97. The molecule has 9 heteroatoms. The maximum absolute atomic E-state index is 13.2. The molecular weight excluding hydrogens is 348 g/mol. The van der Waals surface area contributed by atoms with Crippen molar-refractivity contribution < 1.29 is 13.6 Å².